The fraction of sp³-hybridized carbons (Fsp3) is 0.320. The van der Waals surface area contributed by atoms with Crippen molar-refractivity contribution in [2.45, 2.75) is 38.8 Å². The van der Waals surface area contributed by atoms with E-state index < -0.39 is 0 Å². The number of aromatic nitrogens is 2. The molecule has 1 saturated heterocycles. The number of rotatable bonds is 6. The van der Waals surface area contributed by atoms with Gasteiger partial charge in [0.25, 0.3) is 5.91 Å². The Morgan fingerprint density at radius 2 is 1.90 bits per heavy atom. The highest BCUT2D eigenvalue weighted by Crippen LogP contribution is 2.26. The highest BCUT2D eigenvalue weighted by Gasteiger charge is 2.24. The predicted molar refractivity (Wildman–Crippen MR) is 118 cm³/mol. The van der Waals surface area contributed by atoms with E-state index in [-0.39, 0.29) is 17.6 Å². The van der Waals surface area contributed by atoms with Gasteiger partial charge in [-0.25, -0.2) is 14.4 Å². The van der Waals surface area contributed by atoms with Crippen LogP contribution in [0.3, 0.4) is 0 Å². The van der Waals surface area contributed by atoms with Crippen LogP contribution >= 0.6 is 0 Å². The number of halogens is 1. The Morgan fingerprint density at radius 3 is 2.65 bits per heavy atom. The van der Waals surface area contributed by atoms with Crippen LogP contribution in [0, 0.1) is 12.7 Å². The van der Waals surface area contributed by atoms with E-state index in [1.54, 1.807) is 18.3 Å². The minimum Gasteiger partial charge on any atom is -0.348 e. The number of hydrogen-bond donors (Lipinski definition) is 1. The Bertz CT molecular complexity index is 1020. The Balaban J connectivity index is 1.38. The normalized spacial score (nSPS) is 16.8. The van der Waals surface area contributed by atoms with Crippen LogP contribution < -0.4 is 5.32 Å². The topological polar surface area (TPSA) is 58.1 Å². The van der Waals surface area contributed by atoms with Crippen molar-refractivity contribution in [3.8, 4) is 0 Å². The number of nitrogens with one attached hydrogen (secondary N) is 1. The lowest BCUT2D eigenvalue weighted by Crippen LogP contribution is -2.34. The van der Waals surface area contributed by atoms with Crippen molar-refractivity contribution in [2.75, 3.05) is 13.1 Å². The van der Waals surface area contributed by atoms with Gasteiger partial charge in [-0.05, 0) is 49.6 Å². The summed E-state index contributed by atoms with van der Waals surface area (Å²) in [6, 6.07) is 16.6. The van der Waals surface area contributed by atoms with Gasteiger partial charge in [-0.3, -0.25) is 9.69 Å². The summed E-state index contributed by atoms with van der Waals surface area (Å²) in [6.07, 6.45) is 3.80. The largest absolute Gasteiger partial charge is 0.348 e. The third-order valence-corrected chi connectivity index (χ3v) is 5.73. The summed E-state index contributed by atoms with van der Waals surface area (Å²) >= 11 is 0. The van der Waals surface area contributed by atoms with Crippen LogP contribution in [0.2, 0.25) is 0 Å². The van der Waals surface area contributed by atoms with E-state index >= 15 is 0 Å². The highest BCUT2D eigenvalue weighted by atomic mass is 19.1. The molecule has 3 aromatic rings. The Hall–Kier alpha value is -3.12. The van der Waals surface area contributed by atoms with Crippen molar-refractivity contribution in [2.24, 2.45) is 0 Å². The third-order valence-electron chi connectivity index (χ3n) is 5.73. The maximum atomic E-state index is 13.0. The van der Waals surface area contributed by atoms with E-state index in [0.717, 1.165) is 43.9 Å². The summed E-state index contributed by atoms with van der Waals surface area (Å²) < 4.78 is 13.0. The molecule has 2 heterocycles. The Morgan fingerprint density at radius 1 is 1.13 bits per heavy atom. The molecule has 0 saturated carbocycles. The molecule has 31 heavy (non-hydrogen) atoms. The Kier molecular flexibility index (Phi) is 6.67. The summed E-state index contributed by atoms with van der Waals surface area (Å²) in [5.41, 5.74) is 3.31. The van der Waals surface area contributed by atoms with Gasteiger partial charge >= 0.3 is 0 Å². The molecule has 6 heteroatoms. The van der Waals surface area contributed by atoms with Crippen molar-refractivity contribution in [3.63, 3.8) is 0 Å². The van der Waals surface area contributed by atoms with Gasteiger partial charge in [-0.1, -0.05) is 42.5 Å². The van der Waals surface area contributed by atoms with E-state index in [9.17, 15) is 9.18 Å². The summed E-state index contributed by atoms with van der Waals surface area (Å²) in [5, 5.41) is 2.86. The van der Waals surface area contributed by atoms with E-state index in [2.05, 4.69) is 44.5 Å². The second-order valence-corrected chi connectivity index (χ2v) is 8.10. The molecule has 1 aromatic heterocycles. The van der Waals surface area contributed by atoms with Crippen molar-refractivity contribution >= 4 is 5.91 Å². The van der Waals surface area contributed by atoms with Gasteiger partial charge in [0.1, 0.15) is 11.6 Å². The average Bonchev–Trinajstić information content (AvgIpc) is 2.79. The monoisotopic (exact) mass is 418 g/mol. The highest BCUT2D eigenvalue weighted by molar-refractivity contribution is 5.94. The van der Waals surface area contributed by atoms with E-state index in [1.807, 2.05) is 13.0 Å². The van der Waals surface area contributed by atoms with Crippen LogP contribution in [-0.2, 0) is 13.1 Å². The van der Waals surface area contributed by atoms with Crippen LogP contribution in [0.15, 0.2) is 60.8 Å². The summed E-state index contributed by atoms with van der Waals surface area (Å²) in [6.45, 7) is 5.11. The maximum absolute atomic E-state index is 13.0. The summed E-state index contributed by atoms with van der Waals surface area (Å²) in [7, 11) is 0. The molecule has 0 spiro atoms. The number of amides is 1. The molecule has 1 amide bonds. The van der Waals surface area contributed by atoms with Crippen molar-refractivity contribution in [1.82, 2.24) is 20.2 Å². The van der Waals surface area contributed by atoms with Crippen LogP contribution in [-0.4, -0.2) is 33.9 Å². The van der Waals surface area contributed by atoms with Crippen LogP contribution in [0.25, 0.3) is 0 Å². The minimum absolute atomic E-state index is 0.220. The number of benzene rings is 2. The van der Waals surface area contributed by atoms with E-state index in [0.29, 0.717) is 17.8 Å². The summed E-state index contributed by atoms with van der Waals surface area (Å²) in [5.74, 6) is 0.570. The first-order valence-electron chi connectivity index (χ1n) is 10.7. The van der Waals surface area contributed by atoms with Crippen molar-refractivity contribution in [1.29, 1.82) is 0 Å². The zero-order valence-corrected chi connectivity index (χ0v) is 17.7. The number of carbonyl (C=O) groups is 1. The molecule has 5 nitrogen and oxygen atoms in total. The van der Waals surface area contributed by atoms with Gasteiger partial charge in [-0.15, -0.1) is 0 Å². The summed E-state index contributed by atoms with van der Waals surface area (Å²) in [4.78, 5) is 24.2. The van der Waals surface area contributed by atoms with Gasteiger partial charge in [0, 0.05) is 31.7 Å². The molecule has 2 aromatic carbocycles. The molecule has 1 aliphatic heterocycles. The first-order chi connectivity index (χ1) is 15.1. The average molecular weight is 419 g/mol. The SMILES string of the molecule is Cc1nc([C@@H]2CCCN(Cc3ccccc3)C2)ncc1C(=O)NCc1ccc(F)cc1. The molecular weight excluding hydrogens is 391 g/mol. The molecule has 1 N–H and O–H groups in total. The fourth-order valence-electron chi connectivity index (χ4n) is 4.04. The molecule has 0 radical (unpaired) electrons. The first-order valence-corrected chi connectivity index (χ1v) is 10.7. The Labute approximate surface area is 182 Å². The predicted octanol–water partition coefficient (Wildman–Crippen LogP) is 4.23. The lowest BCUT2D eigenvalue weighted by Gasteiger charge is -2.32. The van der Waals surface area contributed by atoms with Crippen LogP contribution in [0.5, 0.6) is 0 Å². The molecule has 0 bridgehead atoms. The van der Waals surface area contributed by atoms with E-state index in [4.69, 9.17) is 0 Å². The maximum Gasteiger partial charge on any atom is 0.254 e. The van der Waals surface area contributed by atoms with Gasteiger partial charge < -0.3 is 5.32 Å². The van der Waals surface area contributed by atoms with Gasteiger partial charge in [0.05, 0.1) is 11.3 Å². The van der Waals surface area contributed by atoms with Crippen LogP contribution in [0.4, 0.5) is 4.39 Å². The lowest BCUT2D eigenvalue weighted by atomic mass is 9.96. The third kappa shape index (κ3) is 5.52. The number of nitrogens with zero attached hydrogens (tertiary/aromatic N) is 3. The van der Waals surface area contributed by atoms with E-state index in [1.165, 1.54) is 17.7 Å². The van der Waals surface area contributed by atoms with Crippen LogP contribution in [0.1, 0.15) is 51.8 Å². The molecule has 4 rings (SSSR count). The number of piperidine rings is 1. The van der Waals surface area contributed by atoms with Gasteiger partial charge in [0.2, 0.25) is 0 Å². The molecule has 1 aliphatic rings. The number of carbonyl (C=O) groups excluding carboxylic acids is 1. The second-order valence-electron chi connectivity index (χ2n) is 8.10. The van der Waals surface area contributed by atoms with Crippen molar-refractivity contribution in [3.05, 3.63) is 94.8 Å². The smallest absolute Gasteiger partial charge is 0.254 e. The number of hydrogen-bond acceptors (Lipinski definition) is 4. The second kappa shape index (κ2) is 9.79. The molecular formula is C25H27FN4O. The fourth-order valence-corrected chi connectivity index (χ4v) is 4.04. The molecule has 1 fully saturated rings. The van der Waals surface area contributed by atoms with Crippen molar-refractivity contribution < 1.29 is 9.18 Å². The standard InChI is InChI=1S/C25H27FN4O/c1-18-23(25(31)28-14-19-9-11-22(26)12-10-19)15-27-24(29-18)21-8-5-13-30(17-21)16-20-6-3-2-4-7-20/h2-4,6-7,9-12,15,21H,5,8,13-14,16-17H2,1H3,(H,28,31)/t21-/m1/s1. The lowest BCUT2D eigenvalue weighted by molar-refractivity contribution is 0.0949. The molecule has 1 atom stereocenters. The molecule has 0 aliphatic carbocycles. The number of aryl methyl sites for hydroxylation is 1. The molecule has 160 valence electrons. The van der Waals surface area contributed by atoms with Gasteiger partial charge in [0.15, 0.2) is 0 Å². The zero-order chi connectivity index (χ0) is 21.6. The minimum atomic E-state index is -0.292. The quantitative estimate of drug-likeness (QED) is 0.651. The zero-order valence-electron chi connectivity index (χ0n) is 17.7. The first kappa shape index (κ1) is 21.1. The molecule has 0 unspecified atom stereocenters. The number of likely N-dealkylation sites (tertiary alicyclic amines) is 1. The van der Waals surface area contributed by atoms with Gasteiger partial charge in [-0.2, -0.15) is 0 Å².